The molecular formula is C22H30N3O3+. The number of anilines is 1. The van der Waals surface area contributed by atoms with E-state index in [1.165, 1.54) is 5.56 Å². The molecule has 3 N–H and O–H groups in total. The number of quaternary nitrogens is 1. The van der Waals surface area contributed by atoms with Gasteiger partial charge in [0.05, 0.1) is 14.2 Å². The van der Waals surface area contributed by atoms with Crippen LogP contribution >= 0.6 is 0 Å². The fraction of sp³-hybridized carbons (Fsp3) is 0.364. The van der Waals surface area contributed by atoms with Crippen LogP contribution in [0.3, 0.4) is 0 Å². The van der Waals surface area contributed by atoms with Crippen LogP contribution in [-0.2, 0) is 16.0 Å². The lowest BCUT2D eigenvalue weighted by atomic mass is 10.1. The molecule has 6 heteroatoms. The van der Waals surface area contributed by atoms with Crippen LogP contribution in [0.25, 0.3) is 0 Å². The van der Waals surface area contributed by atoms with E-state index < -0.39 is 0 Å². The average Bonchev–Trinajstić information content (AvgIpc) is 2.67. The number of amides is 2. The summed E-state index contributed by atoms with van der Waals surface area (Å²) in [5, 5.41) is 5.84. The van der Waals surface area contributed by atoms with Gasteiger partial charge in [-0.2, -0.15) is 0 Å². The number of carbonyl (C=O) groups is 2. The Balaban J connectivity index is 1.68. The molecule has 0 bridgehead atoms. The van der Waals surface area contributed by atoms with Crippen LogP contribution in [0.15, 0.2) is 54.6 Å². The maximum atomic E-state index is 12.2. The summed E-state index contributed by atoms with van der Waals surface area (Å²) in [6, 6.07) is 17.5. The van der Waals surface area contributed by atoms with Crippen LogP contribution < -0.4 is 20.3 Å². The van der Waals surface area contributed by atoms with Gasteiger partial charge >= 0.3 is 0 Å². The van der Waals surface area contributed by atoms with Gasteiger partial charge < -0.3 is 20.3 Å². The van der Waals surface area contributed by atoms with E-state index in [1.807, 2.05) is 32.2 Å². The van der Waals surface area contributed by atoms with E-state index in [-0.39, 0.29) is 30.9 Å². The molecule has 6 nitrogen and oxygen atoms in total. The molecule has 0 aliphatic carbocycles. The largest absolute Gasteiger partial charge is 0.497 e. The second-order valence-electron chi connectivity index (χ2n) is 7.08. The predicted molar refractivity (Wildman–Crippen MR) is 111 cm³/mol. The Morgan fingerprint density at radius 2 is 1.64 bits per heavy atom. The van der Waals surface area contributed by atoms with E-state index in [1.54, 1.807) is 31.4 Å². The van der Waals surface area contributed by atoms with E-state index in [4.69, 9.17) is 4.74 Å². The van der Waals surface area contributed by atoms with Crippen LogP contribution in [0.5, 0.6) is 5.75 Å². The molecule has 0 fully saturated rings. The fourth-order valence-corrected chi connectivity index (χ4v) is 2.92. The highest BCUT2D eigenvalue weighted by atomic mass is 16.5. The molecule has 2 atom stereocenters. The number of ether oxygens (including phenoxy) is 1. The van der Waals surface area contributed by atoms with Crippen LogP contribution in [-0.4, -0.2) is 45.1 Å². The Labute approximate surface area is 166 Å². The zero-order chi connectivity index (χ0) is 20.4. The van der Waals surface area contributed by atoms with Gasteiger partial charge in [0, 0.05) is 11.7 Å². The molecule has 0 saturated heterocycles. The Kier molecular flexibility index (Phi) is 8.49. The first-order valence-electron chi connectivity index (χ1n) is 9.54. The number of hydrogen-bond acceptors (Lipinski definition) is 3. The number of nitrogens with one attached hydrogen (secondary N) is 3. The Bertz CT molecular complexity index is 747. The van der Waals surface area contributed by atoms with Crippen molar-refractivity contribution >= 4 is 17.5 Å². The quantitative estimate of drug-likeness (QED) is 0.578. The molecule has 0 spiro atoms. The van der Waals surface area contributed by atoms with Gasteiger partial charge in [-0.25, -0.2) is 0 Å². The van der Waals surface area contributed by atoms with E-state index in [9.17, 15) is 9.59 Å². The monoisotopic (exact) mass is 384 g/mol. The minimum atomic E-state index is -0.132. The Morgan fingerprint density at radius 3 is 2.29 bits per heavy atom. The number of methoxy groups -OCH3 is 1. The third-order valence-corrected chi connectivity index (χ3v) is 4.41. The lowest BCUT2D eigenvalue weighted by Crippen LogP contribution is -3.11. The average molecular weight is 385 g/mol. The number of benzene rings is 2. The molecule has 0 aliphatic rings. The number of likely N-dealkylation sites (N-methyl/N-ethyl adjacent to an activating group) is 1. The summed E-state index contributed by atoms with van der Waals surface area (Å²) in [5.74, 6) is 0.557. The topological polar surface area (TPSA) is 71.9 Å². The van der Waals surface area contributed by atoms with E-state index >= 15 is 0 Å². The van der Waals surface area contributed by atoms with Crippen molar-refractivity contribution in [3.05, 3.63) is 60.2 Å². The molecule has 2 aromatic rings. The van der Waals surface area contributed by atoms with Crippen molar-refractivity contribution in [3.8, 4) is 5.75 Å². The van der Waals surface area contributed by atoms with Gasteiger partial charge in [-0.15, -0.1) is 0 Å². The van der Waals surface area contributed by atoms with Crippen molar-refractivity contribution in [2.24, 2.45) is 0 Å². The van der Waals surface area contributed by atoms with Crippen LogP contribution in [0.2, 0.25) is 0 Å². The van der Waals surface area contributed by atoms with E-state index in [0.717, 1.165) is 23.5 Å². The van der Waals surface area contributed by atoms with Crippen LogP contribution in [0.4, 0.5) is 5.69 Å². The zero-order valence-electron chi connectivity index (χ0n) is 16.8. The lowest BCUT2D eigenvalue weighted by molar-refractivity contribution is -0.862. The third kappa shape index (κ3) is 7.80. The highest BCUT2D eigenvalue weighted by Crippen LogP contribution is 2.14. The summed E-state index contributed by atoms with van der Waals surface area (Å²) in [7, 11) is 3.43. The van der Waals surface area contributed by atoms with Crippen molar-refractivity contribution in [1.29, 1.82) is 0 Å². The molecule has 150 valence electrons. The Hall–Kier alpha value is -2.86. The van der Waals surface area contributed by atoms with Gasteiger partial charge in [0.1, 0.15) is 5.75 Å². The van der Waals surface area contributed by atoms with Gasteiger partial charge in [0.25, 0.3) is 11.8 Å². The normalized spacial score (nSPS) is 12.7. The molecule has 1 unspecified atom stereocenters. The van der Waals surface area contributed by atoms with Crippen molar-refractivity contribution < 1.29 is 19.2 Å². The number of carbonyl (C=O) groups excluding carboxylic acids is 2. The van der Waals surface area contributed by atoms with Crippen molar-refractivity contribution in [2.45, 2.75) is 25.8 Å². The molecule has 0 radical (unpaired) electrons. The summed E-state index contributed by atoms with van der Waals surface area (Å²) in [6.07, 6.45) is 1.81. The SMILES string of the molecule is COc1ccc(NC(=O)C[NH+](C)CC(=O)N[C@H](C)CCc2ccccc2)cc1. The molecular weight excluding hydrogens is 354 g/mol. The van der Waals surface area contributed by atoms with Gasteiger partial charge in [-0.05, 0) is 49.6 Å². The highest BCUT2D eigenvalue weighted by Gasteiger charge is 2.16. The molecule has 0 aliphatic heterocycles. The summed E-state index contributed by atoms with van der Waals surface area (Å²) < 4.78 is 5.10. The lowest BCUT2D eigenvalue weighted by Gasteiger charge is -2.17. The minimum absolute atomic E-state index is 0.0460. The summed E-state index contributed by atoms with van der Waals surface area (Å²) in [6.45, 7) is 2.48. The second-order valence-corrected chi connectivity index (χ2v) is 7.08. The minimum Gasteiger partial charge on any atom is -0.497 e. The predicted octanol–water partition coefficient (Wildman–Crippen LogP) is 1.29. The van der Waals surface area contributed by atoms with E-state index in [0.29, 0.717) is 5.69 Å². The molecule has 2 amide bonds. The smallest absolute Gasteiger partial charge is 0.279 e. The maximum absolute atomic E-state index is 12.2. The molecule has 0 saturated carbocycles. The van der Waals surface area contributed by atoms with E-state index in [2.05, 4.69) is 22.8 Å². The molecule has 0 aromatic heterocycles. The van der Waals surface area contributed by atoms with Gasteiger partial charge in [0.2, 0.25) is 0 Å². The standard InChI is InChI=1S/C22H29N3O3/c1-17(9-10-18-7-5-4-6-8-18)23-21(26)15-25(2)16-22(27)24-19-11-13-20(28-3)14-12-19/h4-8,11-14,17H,9-10,15-16H2,1-3H3,(H,23,26)(H,24,27)/p+1/t17-/m1/s1. The maximum Gasteiger partial charge on any atom is 0.279 e. The summed E-state index contributed by atoms with van der Waals surface area (Å²) in [5.41, 5.74) is 1.97. The highest BCUT2D eigenvalue weighted by molar-refractivity contribution is 5.91. The van der Waals surface area contributed by atoms with Crippen molar-refractivity contribution in [3.63, 3.8) is 0 Å². The molecule has 2 aromatic carbocycles. The zero-order valence-corrected chi connectivity index (χ0v) is 16.8. The van der Waals surface area contributed by atoms with Crippen LogP contribution in [0, 0.1) is 0 Å². The summed E-state index contributed by atoms with van der Waals surface area (Å²) in [4.78, 5) is 25.2. The fourth-order valence-electron chi connectivity index (χ4n) is 2.92. The van der Waals surface area contributed by atoms with Gasteiger partial charge in [0.15, 0.2) is 13.1 Å². The second kappa shape index (κ2) is 11.1. The van der Waals surface area contributed by atoms with Gasteiger partial charge in [-0.3, -0.25) is 9.59 Å². The summed E-state index contributed by atoms with van der Waals surface area (Å²) >= 11 is 0. The van der Waals surface area contributed by atoms with Gasteiger partial charge in [-0.1, -0.05) is 30.3 Å². The first-order valence-corrected chi connectivity index (χ1v) is 9.54. The Morgan fingerprint density at radius 1 is 1.00 bits per heavy atom. The first kappa shape index (κ1) is 21.4. The molecule has 0 heterocycles. The van der Waals surface area contributed by atoms with Crippen molar-refractivity contribution in [1.82, 2.24) is 5.32 Å². The molecule has 28 heavy (non-hydrogen) atoms. The number of rotatable bonds is 10. The first-order chi connectivity index (χ1) is 13.5. The van der Waals surface area contributed by atoms with Crippen LogP contribution in [0.1, 0.15) is 18.9 Å². The number of aryl methyl sites for hydroxylation is 1. The third-order valence-electron chi connectivity index (χ3n) is 4.41. The van der Waals surface area contributed by atoms with Crippen molar-refractivity contribution in [2.75, 3.05) is 32.6 Å². The molecule has 2 rings (SSSR count). The number of hydrogen-bond donors (Lipinski definition) is 3.